The van der Waals surface area contributed by atoms with Gasteiger partial charge in [-0.15, -0.1) is 0 Å². The molecule has 0 radical (unpaired) electrons. The summed E-state index contributed by atoms with van der Waals surface area (Å²) < 4.78 is 0. The molecule has 1 saturated heterocycles. The summed E-state index contributed by atoms with van der Waals surface area (Å²) in [6.45, 7) is 5.38. The van der Waals surface area contributed by atoms with Crippen molar-refractivity contribution < 1.29 is 9.59 Å². The van der Waals surface area contributed by atoms with Crippen molar-refractivity contribution in [2.75, 3.05) is 19.6 Å². The summed E-state index contributed by atoms with van der Waals surface area (Å²) in [5.74, 6) is 0.908. The monoisotopic (exact) mass is 386 g/mol. The molecule has 2 amide bonds. The zero-order chi connectivity index (χ0) is 20.0. The quantitative estimate of drug-likeness (QED) is 0.750. The standard InChI is InChI=1S/C23H22N4O2/c1-15-17-8-2-3-9-18(17)23(29)27(15)14-21(28)26-12-6-7-16(13-26)22-24-19-10-4-5-11-20(19)25-22/h2-5,8-11,16H,1,6-7,12-14H2,(H,24,25). The van der Waals surface area contributed by atoms with Crippen LogP contribution in [0, 0.1) is 0 Å². The Bertz CT molecular complexity index is 1060. The summed E-state index contributed by atoms with van der Waals surface area (Å²) in [7, 11) is 0. The van der Waals surface area contributed by atoms with Gasteiger partial charge in [0.25, 0.3) is 5.91 Å². The molecule has 1 N–H and O–H groups in total. The zero-order valence-electron chi connectivity index (χ0n) is 16.1. The highest BCUT2D eigenvalue weighted by Crippen LogP contribution is 2.32. The highest BCUT2D eigenvalue weighted by Gasteiger charge is 2.34. The topological polar surface area (TPSA) is 69.3 Å². The van der Waals surface area contributed by atoms with E-state index in [9.17, 15) is 9.59 Å². The number of hydrogen-bond donors (Lipinski definition) is 1. The summed E-state index contributed by atoms with van der Waals surface area (Å²) in [4.78, 5) is 37.2. The predicted octanol–water partition coefficient (Wildman–Crippen LogP) is 3.40. The van der Waals surface area contributed by atoms with E-state index in [1.807, 2.05) is 47.4 Å². The molecule has 146 valence electrons. The average molecular weight is 386 g/mol. The minimum Gasteiger partial charge on any atom is -0.342 e. The van der Waals surface area contributed by atoms with E-state index in [4.69, 9.17) is 4.98 Å². The lowest BCUT2D eigenvalue weighted by Gasteiger charge is -2.33. The number of amides is 2. The number of carbonyl (C=O) groups is 2. The number of nitrogens with zero attached hydrogens (tertiary/aromatic N) is 3. The molecule has 1 atom stereocenters. The van der Waals surface area contributed by atoms with E-state index in [1.54, 1.807) is 6.07 Å². The Labute approximate surface area is 168 Å². The molecule has 3 aromatic rings. The van der Waals surface area contributed by atoms with Crippen molar-refractivity contribution in [3.8, 4) is 0 Å². The van der Waals surface area contributed by atoms with Crippen molar-refractivity contribution in [2.45, 2.75) is 18.8 Å². The van der Waals surface area contributed by atoms with Gasteiger partial charge in [-0.2, -0.15) is 0 Å². The number of hydrogen-bond acceptors (Lipinski definition) is 3. The first kappa shape index (κ1) is 17.7. The fourth-order valence-corrected chi connectivity index (χ4v) is 4.33. The number of benzene rings is 2. The van der Waals surface area contributed by atoms with Gasteiger partial charge in [-0.3, -0.25) is 14.5 Å². The van der Waals surface area contributed by atoms with E-state index < -0.39 is 0 Å². The number of nitrogens with one attached hydrogen (secondary N) is 1. The number of aromatic amines is 1. The van der Waals surface area contributed by atoms with Crippen LogP contribution in [-0.4, -0.2) is 51.2 Å². The molecule has 3 heterocycles. The van der Waals surface area contributed by atoms with Gasteiger partial charge >= 0.3 is 0 Å². The number of rotatable bonds is 3. The molecule has 6 nitrogen and oxygen atoms in total. The number of H-pyrrole nitrogens is 1. The van der Waals surface area contributed by atoms with Crippen LogP contribution in [0.4, 0.5) is 0 Å². The first-order valence-electron chi connectivity index (χ1n) is 9.94. The molecule has 0 aliphatic carbocycles. The minimum atomic E-state index is -0.148. The van der Waals surface area contributed by atoms with Crippen LogP contribution in [0.3, 0.4) is 0 Å². The van der Waals surface area contributed by atoms with Crippen molar-refractivity contribution in [1.82, 2.24) is 19.8 Å². The first-order chi connectivity index (χ1) is 14.1. The fourth-order valence-electron chi connectivity index (χ4n) is 4.33. The average Bonchev–Trinajstić information content (AvgIpc) is 3.29. The molecule has 0 saturated carbocycles. The summed E-state index contributed by atoms with van der Waals surface area (Å²) >= 11 is 0. The van der Waals surface area contributed by atoms with Crippen molar-refractivity contribution in [1.29, 1.82) is 0 Å². The minimum absolute atomic E-state index is 0.0270. The van der Waals surface area contributed by atoms with Gasteiger partial charge in [0.1, 0.15) is 12.4 Å². The van der Waals surface area contributed by atoms with Crippen molar-refractivity contribution in [2.24, 2.45) is 0 Å². The molecule has 29 heavy (non-hydrogen) atoms. The van der Waals surface area contributed by atoms with Crippen molar-refractivity contribution >= 4 is 28.5 Å². The summed E-state index contributed by atoms with van der Waals surface area (Å²) in [6, 6.07) is 15.3. The summed E-state index contributed by atoms with van der Waals surface area (Å²) in [6.07, 6.45) is 1.91. The number of piperidine rings is 1. The van der Waals surface area contributed by atoms with Crippen LogP contribution < -0.4 is 0 Å². The Kier molecular flexibility index (Phi) is 4.19. The Morgan fingerprint density at radius 3 is 2.69 bits per heavy atom. The second-order valence-corrected chi connectivity index (χ2v) is 7.70. The van der Waals surface area contributed by atoms with Gasteiger partial charge in [0, 0.05) is 35.8 Å². The molecular formula is C23H22N4O2. The van der Waals surface area contributed by atoms with E-state index in [0.29, 0.717) is 24.4 Å². The lowest BCUT2D eigenvalue weighted by Crippen LogP contribution is -2.44. The lowest BCUT2D eigenvalue weighted by atomic mass is 9.97. The van der Waals surface area contributed by atoms with Gasteiger partial charge in [0.05, 0.1) is 11.0 Å². The van der Waals surface area contributed by atoms with Gasteiger partial charge in [0.2, 0.25) is 5.91 Å². The first-order valence-corrected chi connectivity index (χ1v) is 9.94. The number of para-hydroxylation sites is 2. The van der Waals surface area contributed by atoms with E-state index >= 15 is 0 Å². The molecule has 2 aliphatic heterocycles. The van der Waals surface area contributed by atoms with Gasteiger partial charge < -0.3 is 9.88 Å². The number of imidazole rings is 1. The van der Waals surface area contributed by atoms with Gasteiger partial charge in [-0.05, 0) is 31.0 Å². The van der Waals surface area contributed by atoms with Crippen LogP contribution in [0.5, 0.6) is 0 Å². The molecular weight excluding hydrogens is 364 g/mol. The molecule has 1 aromatic heterocycles. The van der Waals surface area contributed by atoms with Crippen LogP contribution in [0.15, 0.2) is 55.1 Å². The SMILES string of the molecule is C=C1c2ccccc2C(=O)N1CC(=O)N1CCCC(c2nc3ccccc3[nH]2)C1. The summed E-state index contributed by atoms with van der Waals surface area (Å²) in [5, 5.41) is 0. The third-order valence-electron chi connectivity index (χ3n) is 5.90. The number of carbonyl (C=O) groups excluding carboxylic acids is 2. The molecule has 1 fully saturated rings. The Hall–Kier alpha value is -3.41. The molecule has 2 aromatic carbocycles. The Morgan fingerprint density at radius 2 is 1.90 bits per heavy atom. The number of likely N-dealkylation sites (tertiary alicyclic amines) is 1. The smallest absolute Gasteiger partial charge is 0.259 e. The molecule has 0 bridgehead atoms. The van der Waals surface area contributed by atoms with Gasteiger partial charge in [0.15, 0.2) is 0 Å². The van der Waals surface area contributed by atoms with E-state index in [-0.39, 0.29) is 24.3 Å². The molecule has 2 aliphatic rings. The predicted molar refractivity (Wildman–Crippen MR) is 111 cm³/mol. The van der Waals surface area contributed by atoms with Crippen molar-refractivity contribution in [3.63, 3.8) is 0 Å². The second-order valence-electron chi connectivity index (χ2n) is 7.70. The molecule has 0 spiro atoms. The maximum absolute atomic E-state index is 13.0. The van der Waals surface area contributed by atoms with E-state index in [1.165, 1.54) is 4.90 Å². The normalized spacial score (nSPS) is 19.1. The highest BCUT2D eigenvalue weighted by molar-refractivity contribution is 6.10. The third kappa shape index (κ3) is 3.01. The van der Waals surface area contributed by atoms with E-state index in [2.05, 4.69) is 11.6 Å². The third-order valence-corrected chi connectivity index (χ3v) is 5.90. The molecule has 6 heteroatoms. The maximum Gasteiger partial charge on any atom is 0.259 e. The van der Waals surface area contributed by atoms with Gasteiger partial charge in [-0.25, -0.2) is 4.98 Å². The molecule has 1 unspecified atom stereocenters. The Morgan fingerprint density at radius 1 is 1.14 bits per heavy atom. The van der Waals surface area contributed by atoms with Crippen LogP contribution in [0.2, 0.25) is 0 Å². The maximum atomic E-state index is 13.0. The second kappa shape index (κ2) is 6.88. The lowest BCUT2D eigenvalue weighted by molar-refractivity contribution is -0.132. The number of aromatic nitrogens is 2. The zero-order valence-corrected chi connectivity index (χ0v) is 16.1. The van der Waals surface area contributed by atoms with Crippen LogP contribution in [0.1, 0.15) is 40.5 Å². The van der Waals surface area contributed by atoms with Crippen molar-refractivity contribution in [3.05, 3.63) is 72.1 Å². The Balaban J connectivity index is 1.30. The van der Waals surface area contributed by atoms with E-state index in [0.717, 1.165) is 35.3 Å². The van der Waals surface area contributed by atoms with Crippen LogP contribution in [0.25, 0.3) is 16.7 Å². The fraction of sp³-hybridized carbons (Fsp3) is 0.261. The molecule has 5 rings (SSSR count). The van der Waals surface area contributed by atoms with Crippen LogP contribution in [-0.2, 0) is 4.79 Å². The highest BCUT2D eigenvalue weighted by atomic mass is 16.2. The largest absolute Gasteiger partial charge is 0.342 e. The van der Waals surface area contributed by atoms with Gasteiger partial charge in [-0.1, -0.05) is 36.9 Å². The summed E-state index contributed by atoms with van der Waals surface area (Å²) in [5.41, 5.74) is 3.99. The number of fused-ring (bicyclic) bond motifs is 2. The van der Waals surface area contributed by atoms with Crippen LogP contribution >= 0.6 is 0 Å².